The molecule has 0 saturated carbocycles. The van der Waals surface area contributed by atoms with Crippen LogP contribution in [0.15, 0.2) is 5.38 Å². The molecule has 0 aliphatic rings. The molecule has 0 unspecified atom stereocenters. The molecule has 1 aromatic heterocycles. The Morgan fingerprint density at radius 1 is 1.88 bits per heavy atom. The van der Waals surface area contributed by atoms with Gasteiger partial charge in [0.15, 0.2) is 0 Å². The zero-order chi connectivity index (χ0) is 5.98. The fourth-order valence-electron chi connectivity index (χ4n) is 0.475. The van der Waals surface area contributed by atoms with E-state index in [2.05, 4.69) is 4.98 Å². The summed E-state index contributed by atoms with van der Waals surface area (Å²) in [5.74, 6) is 0.643. The Bertz CT molecular complexity index is 171. The Balaban J connectivity index is 2.84. The summed E-state index contributed by atoms with van der Waals surface area (Å²) >= 11 is 6.43. The third kappa shape index (κ3) is 1.23. The summed E-state index contributed by atoms with van der Waals surface area (Å²) in [6.45, 7) is 1.99. The van der Waals surface area contributed by atoms with Crippen molar-refractivity contribution in [1.29, 1.82) is 0 Å². The molecule has 1 rings (SSSR count). The number of hydrogen-bond donors (Lipinski definition) is 0. The van der Waals surface area contributed by atoms with Gasteiger partial charge in [-0.15, -0.1) is 11.3 Å². The Morgan fingerprint density at radius 2 is 2.62 bits per heavy atom. The maximum absolute atomic E-state index is 4.78. The Kier molecular flexibility index (Phi) is 1.91. The summed E-state index contributed by atoms with van der Waals surface area (Å²) in [6.07, 6.45) is 0. The van der Waals surface area contributed by atoms with Crippen molar-refractivity contribution in [1.82, 2.24) is 4.98 Å². The summed E-state index contributed by atoms with van der Waals surface area (Å²) < 4.78 is 0. The number of aryl methyl sites for hydroxylation is 1. The second-order valence-electron chi connectivity index (χ2n) is 1.50. The molecule has 0 saturated heterocycles. The molecule has 0 fully saturated rings. The Hall–Kier alpha value is -0.0200. The molecule has 0 atom stereocenters. The fourth-order valence-corrected chi connectivity index (χ4v) is 1.34. The van der Waals surface area contributed by atoms with Crippen molar-refractivity contribution in [2.75, 3.05) is 0 Å². The summed E-state index contributed by atoms with van der Waals surface area (Å²) in [7, 11) is 0. The van der Waals surface area contributed by atoms with Gasteiger partial charge >= 0.3 is 0 Å². The standard InChI is InChI=1S/C5H6NS2/c1-4-6-5(2-7)3-8-4/h3H,2H2,1H3. The highest BCUT2D eigenvalue weighted by Gasteiger charge is 1.92. The summed E-state index contributed by atoms with van der Waals surface area (Å²) in [5, 5.41) is 3.10. The lowest BCUT2D eigenvalue weighted by Gasteiger charge is -1.78. The first-order valence-corrected chi connectivity index (χ1v) is 3.77. The van der Waals surface area contributed by atoms with E-state index in [1.165, 1.54) is 0 Å². The van der Waals surface area contributed by atoms with Crippen LogP contribution in [0.1, 0.15) is 10.7 Å². The second-order valence-corrected chi connectivity index (χ2v) is 2.85. The van der Waals surface area contributed by atoms with Crippen molar-refractivity contribution >= 4 is 24.0 Å². The van der Waals surface area contributed by atoms with Crippen molar-refractivity contribution in [3.05, 3.63) is 16.1 Å². The molecule has 1 nitrogen and oxygen atoms in total. The van der Waals surface area contributed by atoms with Crippen molar-refractivity contribution in [3.63, 3.8) is 0 Å². The van der Waals surface area contributed by atoms with Gasteiger partial charge in [-0.25, -0.2) is 4.98 Å². The second kappa shape index (κ2) is 2.51. The van der Waals surface area contributed by atoms with Crippen LogP contribution in [-0.2, 0) is 5.75 Å². The first kappa shape index (κ1) is 6.11. The molecule has 0 aliphatic heterocycles. The van der Waals surface area contributed by atoms with Gasteiger partial charge in [-0.05, 0) is 6.92 Å². The molecular formula is C5H6NS2. The van der Waals surface area contributed by atoms with Gasteiger partial charge in [0.25, 0.3) is 0 Å². The summed E-state index contributed by atoms with van der Waals surface area (Å²) in [6, 6.07) is 0. The number of rotatable bonds is 1. The van der Waals surface area contributed by atoms with Gasteiger partial charge in [0.1, 0.15) is 0 Å². The minimum atomic E-state index is 0.643. The van der Waals surface area contributed by atoms with E-state index in [-0.39, 0.29) is 0 Å². The van der Waals surface area contributed by atoms with E-state index >= 15 is 0 Å². The molecule has 0 aliphatic carbocycles. The van der Waals surface area contributed by atoms with E-state index in [0.29, 0.717) is 5.75 Å². The monoisotopic (exact) mass is 144 g/mol. The van der Waals surface area contributed by atoms with Crippen LogP contribution in [0.2, 0.25) is 0 Å². The fraction of sp³-hybridized carbons (Fsp3) is 0.400. The predicted molar refractivity (Wildman–Crippen MR) is 38.1 cm³/mol. The minimum absolute atomic E-state index is 0.643. The van der Waals surface area contributed by atoms with Crippen LogP contribution in [-0.4, -0.2) is 4.98 Å². The quantitative estimate of drug-likeness (QED) is 0.588. The van der Waals surface area contributed by atoms with Crippen LogP contribution in [0.5, 0.6) is 0 Å². The number of aromatic nitrogens is 1. The maximum Gasteiger partial charge on any atom is 0.0897 e. The van der Waals surface area contributed by atoms with E-state index in [4.69, 9.17) is 12.6 Å². The Labute approximate surface area is 58.2 Å². The number of thiazole rings is 1. The van der Waals surface area contributed by atoms with Crippen molar-refractivity contribution in [3.8, 4) is 0 Å². The summed E-state index contributed by atoms with van der Waals surface area (Å²) in [5.41, 5.74) is 1.03. The van der Waals surface area contributed by atoms with E-state index in [1.807, 2.05) is 12.3 Å². The van der Waals surface area contributed by atoms with E-state index in [0.717, 1.165) is 10.7 Å². The zero-order valence-electron chi connectivity index (χ0n) is 4.55. The first-order chi connectivity index (χ1) is 3.83. The minimum Gasteiger partial charge on any atom is -0.246 e. The number of hydrogen-bond acceptors (Lipinski definition) is 2. The largest absolute Gasteiger partial charge is 0.246 e. The lowest BCUT2D eigenvalue weighted by atomic mass is 10.6. The van der Waals surface area contributed by atoms with Gasteiger partial charge < -0.3 is 0 Å². The van der Waals surface area contributed by atoms with Crippen LogP contribution in [0.3, 0.4) is 0 Å². The molecule has 8 heavy (non-hydrogen) atoms. The molecular weight excluding hydrogens is 138 g/mol. The van der Waals surface area contributed by atoms with Crippen LogP contribution in [0.25, 0.3) is 0 Å². The highest BCUT2D eigenvalue weighted by molar-refractivity contribution is 7.79. The highest BCUT2D eigenvalue weighted by atomic mass is 32.1. The Morgan fingerprint density at radius 3 is 2.88 bits per heavy atom. The topological polar surface area (TPSA) is 12.9 Å². The normalized spacial score (nSPS) is 9.75. The lowest BCUT2D eigenvalue weighted by Crippen LogP contribution is -1.74. The molecule has 1 aromatic rings. The zero-order valence-corrected chi connectivity index (χ0v) is 6.18. The molecule has 0 N–H and O–H groups in total. The van der Waals surface area contributed by atoms with Gasteiger partial charge in [0, 0.05) is 11.1 Å². The third-order valence-electron chi connectivity index (χ3n) is 0.814. The van der Waals surface area contributed by atoms with Crippen molar-refractivity contribution < 1.29 is 0 Å². The SMILES string of the molecule is Cc1nc(C[S])cs1. The summed E-state index contributed by atoms with van der Waals surface area (Å²) in [4.78, 5) is 4.14. The van der Waals surface area contributed by atoms with Gasteiger partial charge in [-0.1, -0.05) is 12.6 Å². The average molecular weight is 144 g/mol. The molecule has 43 valence electrons. The van der Waals surface area contributed by atoms with Gasteiger partial charge in [-0.2, -0.15) is 0 Å². The van der Waals surface area contributed by atoms with E-state index in [1.54, 1.807) is 11.3 Å². The molecule has 1 heterocycles. The third-order valence-corrected chi connectivity index (χ3v) is 1.93. The molecule has 3 heteroatoms. The van der Waals surface area contributed by atoms with Crippen LogP contribution in [0.4, 0.5) is 0 Å². The average Bonchev–Trinajstić information content (AvgIpc) is 2.14. The lowest BCUT2D eigenvalue weighted by molar-refractivity contribution is 1.18. The highest BCUT2D eigenvalue weighted by Crippen LogP contribution is 2.08. The molecule has 0 amide bonds. The van der Waals surface area contributed by atoms with Gasteiger partial charge in [0.05, 0.1) is 10.7 Å². The number of nitrogens with zero attached hydrogens (tertiary/aromatic N) is 1. The van der Waals surface area contributed by atoms with Gasteiger partial charge in [-0.3, -0.25) is 0 Å². The van der Waals surface area contributed by atoms with Crippen LogP contribution < -0.4 is 0 Å². The van der Waals surface area contributed by atoms with E-state index < -0.39 is 0 Å². The van der Waals surface area contributed by atoms with Gasteiger partial charge in [0.2, 0.25) is 0 Å². The molecule has 1 radical (unpaired) electrons. The smallest absolute Gasteiger partial charge is 0.0897 e. The maximum atomic E-state index is 4.78. The van der Waals surface area contributed by atoms with Crippen LogP contribution >= 0.6 is 24.0 Å². The molecule has 0 spiro atoms. The van der Waals surface area contributed by atoms with Crippen LogP contribution in [0, 0.1) is 6.92 Å². The van der Waals surface area contributed by atoms with Crippen molar-refractivity contribution in [2.24, 2.45) is 0 Å². The predicted octanol–water partition coefficient (Wildman–Crippen LogP) is 2.15. The van der Waals surface area contributed by atoms with E-state index in [9.17, 15) is 0 Å². The molecule has 0 aromatic carbocycles. The first-order valence-electron chi connectivity index (χ1n) is 2.32. The van der Waals surface area contributed by atoms with Crippen molar-refractivity contribution in [2.45, 2.75) is 12.7 Å². The molecule has 0 bridgehead atoms.